The highest BCUT2D eigenvalue weighted by atomic mass is 79.9. The smallest absolute Gasteiger partial charge is 0.415 e. The minimum atomic E-state index is -0.330. The van der Waals surface area contributed by atoms with Crippen LogP contribution in [0.15, 0.2) is 77.3 Å². The van der Waals surface area contributed by atoms with Crippen LogP contribution in [0.3, 0.4) is 0 Å². The van der Waals surface area contributed by atoms with E-state index < -0.39 is 0 Å². The standard InChI is InChI=1S/C26H26BrNO3/c1-30-24-17-22(27)16-21-13-15-23(14-12-19-8-4-2-5-9-19)28(25(21)24)26(29)31-18-20-10-6-3-7-11-20/h2-11,16-17,23H,12-15,18H2,1H3. The van der Waals surface area contributed by atoms with Gasteiger partial charge in [-0.15, -0.1) is 0 Å². The van der Waals surface area contributed by atoms with Crippen LogP contribution in [-0.4, -0.2) is 19.2 Å². The molecule has 31 heavy (non-hydrogen) atoms. The third-order valence-corrected chi connectivity index (χ3v) is 6.16. The Balaban J connectivity index is 1.60. The van der Waals surface area contributed by atoms with Crippen molar-refractivity contribution in [2.24, 2.45) is 0 Å². The fraction of sp³-hybridized carbons (Fsp3) is 0.269. The molecule has 0 fully saturated rings. The van der Waals surface area contributed by atoms with Crippen LogP contribution in [0.25, 0.3) is 0 Å². The summed E-state index contributed by atoms with van der Waals surface area (Å²) in [6.07, 6.45) is 3.22. The number of amides is 1. The molecule has 1 aliphatic heterocycles. The lowest BCUT2D eigenvalue weighted by molar-refractivity contribution is 0.143. The van der Waals surface area contributed by atoms with E-state index in [1.54, 1.807) is 7.11 Å². The van der Waals surface area contributed by atoms with Crippen molar-refractivity contribution in [2.75, 3.05) is 12.0 Å². The molecule has 0 radical (unpaired) electrons. The van der Waals surface area contributed by atoms with Crippen LogP contribution in [0.1, 0.15) is 29.5 Å². The van der Waals surface area contributed by atoms with Crippen LogP contribution >= 0.6 is 15.9 Å². The number of hydrogen-bond donors (Lipinski definition) is 0. The maximum Gasteiger partial charge on any atom is 0.415 e. The van der Waals surface area contributed by atoms with Gasteiger partial charge in [-0.3, -0.25) is 4.90 Å². The number of hydrogen-bond acceptors (Lipinski definition) is 3. The van der Waals surface area contributed by atoms with E-state index in [0.29, 0.717) is 5.75 Å². The number of methoxy groups -OCH3 is 1. The normalized spacial score (nSPS) is 15.3. The van der Waals surface area contributed by atoms with Gasteiger partial charge >= 0.3 is 6.09 Å². The molecular formula is C26H26BrNO3. The second-order valence-electron chi connectivity index (χ2n) is 7.74. The van der Waals surface area contributed by atoms with E-state index in [-0.39, 0.29) is 18.7 Å². The Morgan fingerprint density at radius 2 is 1.71 bits per heavy atom. The quantitative estimate of drug-likeness (QED) is 0.402. The van der Waals surface area contributed by atoms with E-state index in [0.717, 1.165) is 47.0 Å². The van der Waals surface area contributed by atoms with Crippen molar-refractivity contribution in [3.63, 3.8) is 0 Å². The number of carbonyl (C=O) groups excluding carboxylic acids is 1. The first kappa shape index (κ1) is 21.4. The summed E-state index contributed by atoms with van der Waals surface area (Å²) in [7, 11) is 1.64. The molecule has 160 valence electrons. The Bertz CT molecular complexity index is 1010. The minimum Gasteiger partial charge on any atom is -0.495 e. The fourth-order valence-electron chi connectivity index (χ4n) is 4.16. The molecule has 1 heterocycles. The summed E-state index contributed by atoms with van der Waals surface area (Å²) < 4.78 is 12.4. The average molecular weight is 480 g/mol. The largest absolute Gasteiger partial charge is 0.495 e. The first-order valence-corrected chi connectivity index (χ1v) is 11.3. The molecule has 4 rings (SSSR count). The van der Waals surface area contributed by atoms with Gasteiger partial charge < -0.3 is 9.47 Å². The molecule has 0 saturated carbocycles. The zero-order chi connectivity index (χ0) is 21.6. The Labute approximate surface area is 191 Å². The molecule has 1 atom stereocenters. The van der Waals surface area contributed by atoms with Gasteiger partial charge in [0.1, 0.15) is 12.4 Å². The van der Waals surface area contributed by atoms with Crippen LogP contribution in [0.4, 0.5) is 10.5 Å². The number of anilines is 1. The van der Waals surface area contributed by atoms with E-state index in [4.69, 9.17) is 9.47 Å². The molecular weight excluding hydrogens is 454 g/mol. The Morgan fingerprint density at radius 1 is 1.03 bits per heavy atom. The zero-order valence-electron chi connectivity index (χ0n) is 17.6. The second kappa shape index (κ2) is 10.0. The van der Waals surface area contributed by atoms with Gasteiger partial charge in [-0.1, -0.05) is 76.6 Å². The topological polar surface area (TPSA) is 38.8 Å². The molecule has 1 unspecified atom stereocenters. The van der Waals surface area contributed by atoms with Crippen LogP contribution in [-0.2, 0) is 24.2 Å². The van der Waals surface area contributed by atoms with Crippen molar-refractivity contribution in [1.29, 1.82) is 0 Å². The van der Waals surface area contributed by atoms with E-state index >= 15 is 0 Å². The number of aryl methyl sites for hydroxylation is 2. The minimum absolute atomic E-state index is 0.0473. The SMILES string of the molecule is COc1cc(Br)cc2c1N(C(=O)OCc1ccccc1)C(CCc1ccccc1)CC2. The molecule has 3 aromatic carbocycles. The van der Waals surface area contributed by atoms with Gasteiger partial charge in [0, 0.05) is 10.5 Å². The molecule has 0 N–H and O–H groups in total. The summed E-state index contributed by atoms with van der Waals surface area (Å²) in [5.41, 5.74) is 4.16. The first-order chi connectivity index (χ1) is 15.2. The summed E-state index contributed by atoms with van der Waals surface area (Å²) >= 11 is 3.56. The number of halogens is 1. The molecule has 5 heteroatoms. The summed E-state index contributed by atoms with van der Waals surface area (Å²) in [4.78, 5) is 15.2. The lowest BCUT2D eigenvalue weighted by atomic mass is 9.92. The monoisotopic (exact) mass is 479 g/mol. The number of nitrogens with zero attached hydrogens (tertiary/aromatic N) is 1. The highest BCUT2D eigenvalue weighted by Crippen LogP contribution is 2.42. The van der Waals surface area contributed by atoms with Gasteiger partial charge in [0.15, 0.2) is 0 Å². The van der Waals surface area contributed by atoms with Gasteiger partial charge in [0.2, 0.25) is 0 Å². The molecule has 0 spiro atoms. The Kier molecular flexibility index (Phi) is 6.92. The summed E-state index contributed by atoms with van der Waals surface area (Å²) in [6, 6.07) is 24.2. The Morgan fingerprint density at radius 3 is 2.39 bits per heavy atom. The third-order valence-electron chi connectivity index (χ3n) is 5.70. The fourth-order valence-corrected chi connectivity index (χ4v) is 4.65. The molecule has 0 aromatic heterocycles. The van der Waals surface area contributed by atoms with Crippen molar-refractivity contribution in [2.45, 2.75) is 38.3 Å². The van der Waals surface area contributed by atoms with Gasteiger partial charge in [0.25, 0.3) is 0 Å². The highest BCUT2D eigenvalue weighted by molar-refractivity contribution is 9.10. The maximum atomic E-state index is 13.3. The molecule has 4 nitrogen and oxygen atoms in total. The van der Waals surface area contributed by atoms with Crippen LogP contribution in [0.5, 0.6) is 5.75 Å². The van der Waals surface area contributed by atoms with Crippen molar-refractivity contribution < 1.29 is 14.3 Å². The number of rotatable bonds is 6. The van der Waals surface area contributed by atoms with Crippen molar-refractivity contribution in [3.05, 3.63) is 94.0 Å². The van der Waals surface area contributed by atoms with E-state index in [1.165, 1.54) is 5.56 Å². The molecule has 0 saturated heterocycles. The highest BCUT2D eigenvalue weighted by Gasteiger charge is 2.34. The van der Waals surface area contributed by atoms with E-state index in [9.17, 15) is 4.79 Å². The van der Waals surface area contributed by atoms with Crippen LogP contribution < -0.4 is 9.64 Å². The number of benzene rings is 3. The van der Waals surface area contributed by atoms with Gasteiger partial charge in [0.05, 0.1) is 12.8 Å². The third kappa shape index (κ3) is 5.10. The van der Waals surface area contributed by atoms with Crippen molar-refractivity contribution >= 4 is 27.7 Å². The molecule has 0 aliphatic carbocycles. The van der Waals surface area contributed by atoms with E-state index in [2.05, 4.69) is 46.3 Å². The van der Waals surface area contributed by atoms with Gasteiger partial charge in [-0.25, -0.2) is 4.79 Å². The van der Waals surface area contributed by atoms with Gasteiger partial charge in [-0.05, 0) is 54.5 Å². The molecule has 1 aliphatic rings. The summed E-state index contributed by atoms with van der Waals surface area (Å²) in [6.45, 7) is 0.246. The zero-order valence-corrected chi connectivity index (χ0v) is 19.2. The molecule has 1 amide bonds. The van der Waals surface area contributed by atoms with E-state index in [1.807, 2.05) is 47.4 Å². The number of carbonyl (C=O) groups is 1. The van der Waals surface area contributed by atoms with Crippen molar-refractivity contribution in [1.82, 2.24) is 0 Å². The van der Waals surface area contributed by atoms with Crippen molar-refractivity contribution in [3.8, 4) is 5.75 Å². The average Bonchev–Trinajstić information content (AvgIpc) is 2.81. The first-order valence-electron chi connectivity index (χ1n) is 10.6. The predicted molar refractivity (Wildman–Crippen MR) is 127 cm³/mol. The Hall–Kier alpha value is -2.79. The van der Waals surface area contributed by atoms with Gasteiger partial charge in [-0.2, -0.15) is 0 Å². The number of ether oxygens (including phenoxy) is 2. The van der Waals surface area contributed by atoms with Crippen LogP contribution in [0.2, 0.25) is 0 Å². The predicted octanol–water partition coefficient (Wildman–Crippen LogP) is 6.55. The lowest BCUT2D eigenvalue weighted by Crippen LogP contribution is -2.44. The maximum absolute atomic E-state index is 13.3. The lowest BCUT2D eigenvalue weighted by Gasteiger charge is -2.37. The summed E-state index contributed by atoms with van der Waals surface area (Å²) in [5, 5.41) is 0. The number of fused-ring (bicyclic) bond motifs is 1. The summed E-state index contributed by atoms with van der Waals surface area (Å²) in [5.74, 6) is 0.686. The molecule has 3 aromatic rings. The molecule has 0 bridgehead atoms. The van der Waals surface area contributed by atoms with Crippen LogP contribution in [0, 0.1) is 0 Å². The second-order valence-corrected chi connectivity index (χ2v) is 8.66.